The third kappa shape index (κ3) is 2.57. The lowest BCUT2D eigenvalue weighted by molar-refractivity contribution is -0.138. The largest absolute Gasteiger partial charge is 0.373 e. The van der Waals surface area contributed by atoms with Crippen LogP contribution >= 0.6 is 0 Å². The van der Waals surface area contributed by atoms with Crippen LogP contribution in [0.3, 0.4) is 0 Å². The van der Waals surface area contributed by atoms with E-state index in [1.807, 2.05) is 0 Å². The van der Waals surface area contributed by atoms with Crippen LogP contribution in [-0.4, -0.2) is 35.2 Å². The number of likely N-dealkylation sites (N-methyl/N-ethyl adjacent to an activating group) is 1. The highest BCUT2D eigenvalue weighted by atomic mass is 16.2. The van der Waals surface area contributed by atoms with Crippen molar-refractivity contribution in [3.05, 3.63) is 29.8 Å². The van der Waals surface area contributed by atoms with E-state index in [2.05, 4.69) is 5.32 Å². The van der Waals surface area contributed by atoms with Gasteiger partial charge in [0, 0.05) is 17.8 Å². The number of rotatable bonds is 4. The van der Waals surface area contributed by atoms with Crippen molar-refractivity contribution in [2.75, 3.05) is 11.9 Å². The van der Waals surface area contributed by atoms with Gasteiger partial charge < -0.3 is 11.1 Å². The molecule has 1 heterocycles. The maximum atomic E-state index is 11.9. The molecule has 1 unspecified atom stereocenters. The van der Waals surface area contributed by atoms with Crippen LogP contribution in [0.2, 0.25) is 0 Å². The third-order valence-corrected chi connectivity index (χ3v) is 3.05. The van der Waals surface area contributed by atoms with Crippen LogP contribution in [-0.2, 0) is 9.59 Å². The molecule has 0 aliphatic carbocycles. The summed E-state index contributed by atoms with van der Waals surface area (Å²) in [6.45, 7) is 2.13. The Hall–Kier alpha value is -2.37. The smallest absolute Gasteiger partial charge is 0.252 e. The summed E-state index contributed by atoms with van der Waals surface area (Å²) >= 11 is 0. The fourth-order valence-electron chi connectivity index (χ4n) is 2.09. The first-order valence-electron chi connectivity index (χ1n) is 6.03. The Morgan fingerprint density at radius 1 is 1.47 bits per heavy atom. The molecular weight excluding hydrogens is 246 g/mol. The normalized spacial score (nSPS) is 18.8. The van der Waals surface area contributed by atoms with E-state index in [-0.39, 0.29) is 18.2 Å². The van der Waals surface area contributed by atoms with Crippen LogP contribution in [0.25, 0.3) is 0 Å². The SMILES string of the molecule is CCN1C(=O)CC(Nc2cccc(C(N)=O)c2)C1=O. The van der Waals surface area contributed by atoms with Crippen molar-refractivity contribution in [3.8, 4) is 0 Å². The predicted octanol–water partition coefficient (Wildman–Crippen LogP) is 0.345. The number of anilines is 1. The molecule has 6 nitrogen and oxygen atoms in total. The standard InChI is InChI=1S/C13H15N3O3/c1-2-16-11(17)7-10(13(16)19)15-9-5-3-4-8(6-9)12(14)18/h3-6,10,15H,2,7H2,1H3,(H2,14,18). The molecule has 0 saturated carbocycles. The summed E-state index contributed by atoms with van der Waals surface area (Å²) in [4.78, 5) is 35.8. The summed E-state index contributed by atoms with van der Waals surface area (Å²) in [5.41, 5.74) is 6.14. The van der Waals surface area contributed by atoms with E-state index in [0.29, 0.717) is 17.8 Å². The molecule has 1 saturated heterocycles. The number of hydrogen-bond acceptors (Lipinski definition) is 4. The highest BCUT2D eigenvalue weighted by molar-refractivity contribution is 6.06. The van der Waals surface area contributed by atoms with Crippen LogP contribution in [0.15, 0.2) is 24.3 Å². The van der Waals surface area contributed by atoms with Crippen molar-refractivity contribution in [1.29, 1.82) is 0 Å². The predicted molar refractivity (Wildman–Crippen MR) is 69.4 cm³/mol. The number of primary amides is 1. The van der Waals surface area contributed by atoms with E-state index >= 15 is 0 Å². The molecule has 19 heavy (non-hydrogen) atoms. The second-order valence-electron chi connectivity index (χ2n) is 4.32. The second kappa shape index (κ2) is 5.09. The van der Waals surface area contributed by atoms with Crippen LogP contribution in [0.5, 0.6) is 0 Å². The zero-order valence-electron chi connectivity index (χ0n) is 10.6. The molecule has 0 spiro atoms. The van der Waals surface area contributed by atoms with Gasteiger partial charge in [-0.25, -0.2) is 0 Å². The summed E-state index contributed by atoms with van der Waals surface area (Å²) in [6, 6.07) is 5.97. The second-order valence-corrected chi connectivity index (χ2v) is 4.32. The Balaban J connectivity index is 2.14. The molecule has 100 valence electrons. The summed E-state index contributed by atoms with van der Waals surface area (Å²) in [6.07, 6.45) is 0.132. The minimum Gasteiger partial charge on any atom is -0.373 e. The zero-order chi connectivity index (χ0) is 14.0. The lowest BCUT2D eigenvalue weighted by Crippen LogP contribution is -2.34. The first kappa shape index (κ1) is 13.1. The van der Waals surface area contributed by atoms with Gasteiger partial charge in [0.1, 0.15) is 6.04 Å². The summed E-state index contributed by atoms with van der Waals surface area (Å²) < 4.78 is 0. The zero-order valence-corrected chi connectivity index (χ0v) is 10.6. The Morgan fingerprint density at radius 3 is 2.79 bits per heavy atom. The Labute approximate surface area is 110 Å². The number of carbonyl (C=O) groups is 3. The third-order valence-electron chi connectivity index (χ3n) is 3.05. The minimum absolute atomic E-state index is 0.132. The lowest BCUT2D eigenvalue weighted by atomic mass is 10.1. The van der Waals surface area contributed by atoms with Gasteiger partial charge in [-0.15, -0.1) is 0 Å². The van der Waals surface area contributed by atoms with E-state index in [4.69, 9.17) is 5.73 Å². The number of benzene rings is 1. The van der Waals surface area contributed by atoms with Crippen molar-refractivity contribution < 1.29 is 14.4 Å². The molecule has 0 aromatic heterocycles. The van der Waals surface area contributed by atoms with Gasteiger partial charge in [0.15, 0.2) is 0 Å². The van der Waals surface area contributed by atoms with Gasteiger partial charge in [0.25, 0.3) is 5.91 Å². The van der Waals surface area contributed by atoms with Gasteiger partial charge in [-0.3, -0.25) is 19.3 Å². The monoisotopic (exact) mass is 261 g/mol. The molecular formula is C13H15N3O3. The van der Waals surface area contributed by atoms with Gasteiger partial charge in [-0.05, 0) is 25.1 Å². The molecule has 1 aromatic rings. The number of likely N-dealkylation sites (tertiary alicyclic amines) is 1. The van der Waals surface area contributed by atoms with Crippen LogP contribution < -0.4 is 11.1 Å². The number of amides is 3. The van der Waals surface area contributed by atoms with Gasteiger partial charge >= 0.3 is 0 Å². The van der Waals surface area contributed by atoms with Crippen LogP contribution in [0.1, 0.15) is 23.7 Å². The number of carbonyl (C=O) groups excluding carboxylic acids is 3. The van der Waals surface area contributed by atoms with E-state index in [9.17, 15) is 14.4 Å². The van der Waals surface area contributed by atoms with Gasteiger partial charge in [0.2, 0.25) is 11.8 Å². The summed E-state index contributed by atoms with van der Waals surface area (Å²) in [5.74, 6) is -0.958. The molecule has 1 fully saturated rings. The van der Waals surface area contributed by atoms with Crippen molar-refractivity contribution in [2.24, 2.45) is 5.73 Å². The number of nitrogens with one attached hydrogen (secondary N) is 1. The maximum absolute atomic E-state index is 11.9. The van der Waals surface area contributed by atoms with Crippen LogP contribution in [0.4, 0.5) is 5.69 Å². The highest BCUT2D eigenvalue weighted by Gasteiger charge is 2.37. The molecule has 0 radical (unpaired) electrons. The molecule has 1 aliphatic rings. The van der Waals surface area contributed by atoms with Crippen molar-refractivity contribution >= 4 is 23.4 Å². The van der Waals surface area contributed by atoms with E-state index in [0.717, 1.165) is 0 Å². The van der Waals surface area contributed by atoms with E-state index < -0.39 is 11.9 Å². The fraction of sp³-hybridized carbons (Fsp3) is 0.308. The molecule has 2 rings (SSSR count). The number of imide groups is 1. The van der Waals surface area contributed by atoms with Gasteiger partial charge in [0.05, 0.1) is 6.42 Å². The van der Waals surface area contributed by atoms with Gasteiger partial charge in [-0.2, -0.15) is 0 Å². The number of nitrogens with two attached hydrogens (primary N) is 1. The molecule has 1 atom stereocenters. The maximum Gasteiger partial charge on any atom is 0.252 e. The fourth-order valence-corrected chi connectivity index (χ4v) is 2.09. The average molecular weight is 261 g/mol. The highest BCUT2D eigenvalue weighted by Crippen LogP contribution is 2.19. The van der Waals surface area contributed by atoms with E-state index in [1.54, 1.807) is 31.2 Å². The lowest BCUT2D eigenvalue weighted by Gasteiger charge is -2.14. The minimum atomic E-state index is -0.574. The molecule has 3 amide bonds. The molecule has 0 bridgehead atoms. The number of nitrogens with zero attached hydrogens (tertiary/aromatic N) is 1. The molecule has 6 heteroatoms. The van der Waals surface area contributed by atoms with Crippen molar-refractivity contribution in [1.82, 2.24) is 4.90 Å². The first-order chi connectivity index (χ1) is 9.02. The molecule has 1 aliphatic heterocycles. The Bertz CT molecular complexity index is 542. The van der Waals surface area contributed by atoms with Crippen LogP contribution in [0, 0.1) is 0 Å². The van der Waals surface area contributed by atoms with E-state index in [1.165, 1.54) is 4.90 Å². The summed E-state index contributed by atoms with van der Waals surface area (Å²) in [7, 11) is 0. The van der Waals surface area contributed by atoms with Crippen molar-refractivity contribution in [2.45, 2.75) is 19.4 Å². The Morgan fingerprint density at radius 2 is 2.21 bits per heavy atom. The average Bonchev–Trinajstić information content (AvgIpc) is 2.64. The topological polar surface area (TPSA) is 92.5 Å². The van der Waals surface area contributed by atoms with Crippen molar-refractivity contribution in [3.63, 3.8) is 0 Å². The molecule has 1 aromatic carbocycles. The summed E-state index contributed by atoms with van der Waals surface area (Å²) in [5, 5.41) is 2.96. The quantitative estimate of drug-likeness (QED) is 0.765. The first-order valence-corrected chi connectivity index (χ1v) is 6.03. The Kier molecular flexibility index (Phi) is 3.50. The van der Waals surface area contributed by atoms with Gasteiger partial charge in [-0.1, -0.05) is 6.07 Å². The number of hydrogen-bond donors (Lipinski definition) is 2. The molecule has 3 N–H and O–H groups in total.